The van der Waals surface area contributed by atoms with Crippen molar-refractivity contribution >= 4 is 53.2 Å². The standard InChI is InChI=1S/C25H31ClFN6O7PS/c1-23(2,13-34)21(36)42-9-8-38-41(37,30-10-15-6-4-3-5-7-15)39-11-16-18(35)24(12-25(24,27)40-16)33-14-29-17-19(28)31-22(26)32-20(17)33/h3-7,14,16,18,34-35H,8-13H2,1-2H3,(H,30,37)(H2,28,31,32). The van der Waals surface area contributed by atoms with Gasteiger partial charge in [0, 0.05) is 18.7 Å². The van der Waals surface area contributed by atoms with Gasteiger partial charge in [-0.2, -0.15) is 9.97 Å². The zero-order valence-electron chi connectivity index (χ0n) is 22.8. The SMILES string of the molecule is CC(C)(CO)C(=O)SCCOP(=O)(NCc1ccccc1)OCC1OC2(F)CC2(n2cnc3c(N)nc(Cl)nc32)C1O. The van der Waals surface area contributed by atoms with Crippen LogP contribution < -0.4 is 10.8 Å². The number of hydrogen-bond acceptors (Lipinski definition) is 12. The number of ether oxygens (including phenoxy) is 1. The van der Waals surface area contributed by atoms with Crippen LogP contribution in [0, 0.1) is 5.41 Å². The summed E-state index contributed by atoms with van der Waals surface area (Å²) in [6, 6.07) is 9.09. The van der Waals surface area contributed by atoms with Crippen LogP contribution in [-0.2, 0) is 35.2 Å². The molecule has 42 heavy (non-hydrogen) atoms. The van der Waals surface area contributed by atoms with Crippen molar-refractivity contribution in [3.05, 3.63) is 47.5 Å². The summed E-state index contributed by atoms with van der Waals surface area (Å²) in [6.07, 6.45) is -1.59. The van der Waals surface area contributed by atoms with Crippen LogP contribution in [0.25, 0.3) is 11.2 Å². The number of nitrogens with two attached hydrogens (primary N) is 1. The number of carbonyl (C=O) groups is 1. The van der Waals surface area contributed by atoms with Crippen LogP contribution in [0.5, 0.6) is 0 Å². The van der Waals surface area contributed by atoms with Crippen LogP contribution in [0.4, 0.5) is 10.2 Å². The van der Waals surface area contributed by atoms with E-state index in [1.54, 1.807) is 13.8 Å². The molecule has 3 heterocycles. The Kier molecular flexibility index (Phi) is 8.71. The Morgan fingerprint density at radius 2 is 2.10 bits per heavy atom. The number of hydrogen-bond donors (Lipinski definition) is 4. The number of rotatable bonds is 13. The van der Waals surface area contributed by atoms with Crippen molar-refractivity contribution < 1.29 is 37.7 Å². The van der Waals surface area contributed by atoms with Crippen molar-refractivity contribution in [2.45, 2.75) is 50.4 Å². The van der Waals surface area contributed by atoms with Gasteiger partial charge < -0.3 is 25.3 Å². The summed E-state index contributed by atoms with van der Waals surface area (Å²) in [6.45, 7) is 2.42. The number of anilines is 1. The molecular weight excluding hydrogens is 614 g/mol. The molecule has 1 aromatic carbocycles. The van der Waals surface area contributed by atoms with Gasteiger partial charge in [0.05, 0.1) is 31.6 Å². The summed E-state index contributed by atoms with van der Waals surface area (Å²) in [7, 11) is -4.04. The van der Waals surface area contributed by atoms with Gasteiger partial charge in [0.25, 0.3) is 0 Å². The monoisotopic (exact) mass is 644 g/mol. The molecule has 1 saturated carbocycles. The highest BCUT2D eigenvalue weighted by Crippen LogP contribution is 2.66. The van der Waals surface area contributed by atoms with Gasteiger partial charge in [-0.05, 0) is 31.0 Å². The van der Waals surface area contributed by atoms with Crippen LogP contribution in [0.1, 0.15) is 25.8 Å². The summed E-state index contributed by atoms with van der Waals surface area (Å²) in [4.78, 5) is 24.4. The number of aliphatic hydroxyl groups excluding tert-OH is 2. The average Bonchev–Trinajstić information content (AvgIpc) is 3.24. The van der Waals surface area contributed by atoms with E-state index in [4.69, 9.17) is 31.1 Å². The van der Waals surface area contributed by atoms with Crippen molar-refractivity contribution in [1.82, 2.24) is 24.6 Å². The summed E-state index contributed by atoms with van der Waals surface area (Å²) in [5.41, 5.74) is 4.48. The zero-order valence-corrected chi connectivity index (χ0v) is 25.2. The Morgan fingerprint density at radius 3 is 2.81 bits per heavy atom. The first kappa shape index (κ1) is 31.2. The van der Waals surface area contributed by atoms with E-state index in [9.17, 15) is 19.6 Å². The molecule has 3 aromatic rings. The van der Waals surface area contributed by atoms with Crippen LogP contribution in [0.3, 0.4) is 0 Å². The van der Waals surface area contributed by atoms with Crippen molar-refractivity contribution in [3.8, 4) is 0 Å². The van der Waals surface area contributed by atoms with E-state index < -0.39 is 43.4 Å². The van der Waals surface area contributed by atoms with E-state index in [-0.39, 0.29) is 59.3 Å². The molecule has 0 radical (unpaired) electrons. The molecule has 17 heteroatoms. The highest BCUT2D eigenvalue weighted by atomic mass is 35.5. The van der Waals surface area contributed by atoms with Crippen molar-refractivity contribution in [1.29, 1.82) is 0 Å². The van der Waals surface area contributed by atoms with E-state index in [0.717, 1.165) is 17.3 Å². The molecule has 5 unspecified atom stereocenters. The molecule has 0 bridgehead atoms. The summed E-state index contributed by atoms with van der Waals surface area (Å²) in [5, 5.41) is 23.0. The third-order valence-electron chi connectivity index (χ3n) is 7.28. The van der Waals surface area contributed by atoms with Gasteiger partial charge in [0.2, 0.25) is 11.1 Å². The van der Waals surface area contributed by atoms with Crippen LogP contribution >= 0.6 is 31.1 Å². The molecule has 2 aliphatic rings. The minimum Gasteiger partial charge on any atom is -0.395 e. The Morgan fingerprint density at radius 1 is 1.36 bits per heavy atom. The average molecular weight is 645 g/mol. The maximum absolute atomic E-state index is 15.8. The third-order valence-corrected chi connectivity index (χ3v) is 10.2. The number of benzene rings is 1. The second-order valence-corrected chi connectivity index (χ2v) is 14.0. The largest absolute Gasteiger partial charge is 0.405 e. The highest BCUT2D eigenvalue weighted by Gasteiger charge is 2.83. The smallest absolute Gasteiger partial charge is 0.395 e. The van der Waals surface area contributed by atoms with E-state index in [0.29, 0.717) is 0 Å². The summed E-state index contributed by atoms with van der Waals surface area (Å²) in [5.74, 6) is -2.14. The fourth-order valence-corrected chi connectivity index (χ4v) is 7.15. The molecule has 2 fully saturated rings. The Hall–Kier alpha value is -2.20. The van der Waals surface area contributed by atoms with Gasteiger partial charge in [0.1, 0.15) is 23.3 Å². The van der Waals surface area contributed by atoms with Gasteiger partial charge in [0.15, 0.2) is 16.6 Å². The molecule has 5 rings (SSSR count). The predicted octanol–water partition coefficient (Wildman–Crippen LogP) is 2.80. The lowest BCUT2D eigenvalue weighted by Gasteiger charge is -2.25. The van der Waals surface area contributed by atoms with Gasteiger partial charge in [-0.1, -0.05) is 42.1 Å². The summed E-state index contributed by atoms with van der Waals surface area (Å²) >= 11 is 6.89. The fraction of sp³-hybridized carbons (Fsp3) is 0.520. The number of aromatic nitrogens is 4. The number of imidazole rings is 1. The molecular formula is C25H31ClFN6O7PS. The van der Waals surface area contributed by atoms with Gasteiger partial charge >= 0.3 is 7.75 Å². The second-order valence-electron chi connectivity index (χ2n) is 10.7. The Balaban J connectivity index is 1.28. The molecule has 1 saturated heterocycles. The Bertz CT molecular complexity index is 1520. The minimum absolute atomic E-state index is 0.000844. The second kappa shape index (κ2) is 11.7. The molecule has 1 aliphatic heterocycles. The number of nitrogens with zero attached hydrogens (tertiary/aromatic N) is 4. The van der Waals surface area contributed by atoms with Gasteiger partial charge in [-0.3, -0.25) is 13.8 Å². The minimum atomic E-state index is -4.04. The quantitative estimate of drug-likeness (QED) is 0.121. The number of nitrogens with one attached hydrogen (secondary N) is 1. The lowest BCUT2D eigenvalue weighted by Crippen LogP contribution is -2.40. The number of aliphatic hydroxyl groups is 2. The molecule has 0 amide bonds. The molecule has 13 nitrogen and oxygen atoms in total. The first-order valence-electron chi connectivity index (χ1n) is 13.0. The Labute approximate surface area is 249 Å². The zero-order chi connectivity index (χ0) is 30.3. The number of alkyl halides is 1. The molecule has 0 spiro atoms. The van der Waals surface area contributed by atoms with Crippen LogP contribution in [0.2, 0.25) is 5.28 Å². The fourth-order valence-electron chi connectivity index (χ4n) is 4.74. The van der Waals surface area contributed by atoms with E-state index in [1.165, 1.54) is 10.9 Å². The van der Waals surface area contributed by atoms with Crippen molar-refractivity contribution in [2.75, 3.05) is 31.3 Å². The number of nitrogen functional groups attached to an aromatic ring is 1. The number of thioether (sulfide) groups is 1. The molecule has 5 atom stereocenters. The third kappa shape index (κ3) is 5.82. The van der Waals surface area contributed by atoms with E-state index in [1.807, 2.05) is 30.3 Å². The normalized spacial score (nSPS) is 26.7. The first-order chi connectivity index (χ1) is 19.8. The number of carbonyl (C=O) groups excluding carboxylic acids is 1. The highest BCUT2D eigenvalue weighted by molar-refractivity contribution is 8.13. The van der Waals surface area contributed by atoms with E-state index >= 15 is 4.39 Å². The van der Waals surface area contributed by atoms with Gasteiger partial charge in [-0.15, -0.1) is 0 Å². The molecule has 2 aromatic heterocycles. The lowest BCUT2D eigenvalue weighted by molar-refractivity contribution is -0.119. The molecule has 228 valence electrons. The van der Waals surface area contributed by atoms with Crippen molar-refractivity contribution in [2.24, 2.45) is 5.41 Å². The lowest BCUT2D eigenvalue weighted by atomic mass is 9.97. The maximum atomic E-state index is 15.8. The summed E-state index contributed by atoms with van der Waals surface area (Å²) < 4.78 is 47.6. The maximum Gasteiger partial charge on any atom is 0.405 e. The van der Waals surface area contributed by atoms with E-state index in [2.05, 4.69) is 20.0 Å². The number of fused-ring (bicyclic) bond motifs is 2. The topological polar surface area (TPSA) is 184 Å². The predicted molar refractivity (Wildman–Crippen MR) is 153 cm³/mol. The molecule has 1 aliphatic carbocycles. The van der Waals surface area contributed by atoms with Crippen molar-refractivity contribution in [3.63, 3.8) is 0 Å². The molecule has 5 N–H and O–H groups in total. The first-order valence-corrected chi connectivity index (χ1v) is 15.9. The van der Waals surface area contributed by atoms with Crippen LogP contribution in [0.15, 0.2) is 36.7 Å². The number of halogens is 2. The van der Waals surface area contributed by atoms with Crippen LogP contribution in [-0.4, -0.2) is 78.5 Å². The van der Waals surface area contributed by atoms with Gasteiger partial charge in [-0.25, -0.2) is 19.0 Å².